The Morgan fingerprint density at radius 3 is 2.74 bits per heavy atom. The van der Waals surface area contributed by atoms with E-state index in [0.29, 0.717) is 6.29 Å². The second kappa shape index (κ2) is 7.83. The van der Waals surface area contributed by atoms with Gasteiger partial charge in [-0.1, -0.05) is 0 Å². The molecule has 0 aliphatic carbocycles. The van der Waals surface area contributed by atoms with Crippen LogP contribution in [0.2, 0.25) is 0 Å². The number of aliphatic hydroxyl groups excluding tert-OH is 2. The monoisotopic (exact) mass is 332 g/mol. The molecule has 1 fully saturated rings. The molecule has 3 unspecified atom stereocenters. The van der Waals surface area contributed by atoms with Gasteiger partial charge in [0, 0.05) is 5.92 Å². The van der Waals surface area contributed by atoms with E-state index in [1.165, 1.54) is 0 Å². The molecule has 19 heavy (non-hydrogen) atoms. The highest BCUT2D eigenvalue weighted by Gasteiger charge is 2.47. The number of hydrogen-bond donors (Lipinski definition) is 3. The van der Waals surface area contributed by atoms with Crippen molar-refractivity contribution in [3.8, 4) is 0 Å². The van der Waals surface area contributed by atoms with Crippen molar-refractivity contribution in [1.29, 1.82) is 0 Å². The van der Waals surface area contributed by atoms with Crippen molar-refractivity contribution in [1.82, 2.24) is 0 Å². The first-order chi connectivity index (χ1) is 8.95. The number of carbonyl (C=O) groups excluding carboxylic acids is 1. The summed E-state index contributed by atoms with van der Waals surface area (Å²) < 4.78 is 26.3. The Morgan fingerprint density at radius 2 is 2.21 bits per heavy atom. The summed E-state index contributed by atoms with van der Waals surface area (Å²) in [5, 5.41) is 19.0. The molecule has 0 aromatic rings. The van der Waals surface area contributed by atoms with Crippen LogP contribution in [0.25, 0.3) is 0 Å². The third-order valence-electron chi connectivity index (χ3n) is 2.62. The van der Waals surface area contributed by atoms with Crippen LogP contribution >= 0.6 is 15.2 Å². The van der Waals surface area contributed by atoms with E-state index in [9.17, 15) is 19.4 Å². The smallest absolute Gasteiger partial charge is 0.329 e. The Bertz CT molecular complexity index is 367. The third kappa shape index (κ3) is 4.90. The normalized spacial score (nSPS) is 34.3. The SMILES string of the molecule is O=CCOP(=O)(O)CC1C(O)[C@H](OP=S)O[C@@H]1CO. The van der Waals surface area contributed by atoms with Crippen molar-refractivity contribution >= 4 is 33.3 Å². The Hall–Kier alpha value is 0.180. The van der Waals surface area contributed by atoms with Gasteiger partial charge in [0.25, 0.3) is 0 Å². The molecular weight excluding hydrogens is 318 g/mol. The molecule has 110 valence electrons. The Labute approximate surface area is 116 Å². The maximum Gasteiger partial charge on any atom is 0.329 e. The minimum atomic E-state index is -4.06. The number of rotatable bonds is 8. The highest BCUT2D eigenvalue weighted by atomic mass is 32.4. The summed E-state index contributed by atoms with van der Waals surface area (Å²) in [6.45, 7) is -0.977. The molecule has 8 nitrogen and oxygen atoms in total. The topological polar surface area (TPSA) is 123 Å². The van der Waals surface area contributed by atoms with E-state index >= 15 is 0 Å². The quantitative estimate of drug-likeness (QED) is 0.396. The number of aliphatic hydroxyl groups is 2. The molecule has 0 spiro atoms. The highest BCUT2D eigenvalue weighted by molar-refractivity contribution is 7.94. The lowest BCUT2D eigenvalue weighted by atomic mass is 10.0. The second-order valence-corrected chi connectivity index (χ2v) is 6.55. The first-order valence-corrected chi connectivity index (χ1v) is 8.87. The van der Waals surface area contributed by atoms with Gasteiger partial charge in [-0.15, -0.1) is 0 Å². The van der Waals surface area contributed by atoms with Crippen LogP contribution in [0.4, 0.5) is 0 Å². The Morgan fingerprint density at radius 1 is 1.53 bits per heavy atom. The van der Waals surface area contributed by atoms with Crippen molar-refractivity contribution in [3.05, 3.63) is 0 Å². The molecule has 1 aliphatic heterocycles. The first-order valence-electron chi connectivity index (χ1n) is 5.28. The second-order valence-electron chi connectivity index (χ2n) is 3.84. The van der Waals surface area contributed by atoms with E-state index in [-0.39, 0.29) is 7.58 Å². The summed E-state index contributed by atoms with van der Waals surface area (Å²) in [5.74, 6) is -0.853. The van der Waals surface area contributed by atoms with E-state index in [1.807, 2.05) is 0 Å². The third-order valence-corrected chi connectivity index (χ3v) is 4.60. The van der Waals surface area contributed by atoms with E-state index in [0.717, 1.165) is 0 Å². The maximum atomic E-state index is 11.7. The summed E-state index contributed by atoms with van der Waals surface area (Å²) in [6, 6.07) is 0. The van der Waals surface area contributed by atoms with Crippen molar-refractivity contribution in [2.75, 3.05) is 19.4 Å². The van der Waals surface area contributed by atoms with Crippen LogP contribution in [-0.4, -0.2) is 59.3 Å². The number of aldehydes is 1. The van der Waals surface area contributed by atoms with Gasteiger partial charge < -0.3 is 29.2 Å². The molecule has 1 aliphatic rings. The Balaban J connectivity index is 2.71. The van der Waals surface area contributed by atoms with Gasteiger partial charge in [0.2, 0.25) is 0 Å². The summed E-state index contributed by atoms with van der Waals surface area (Å²) in [7, 11) is -3.95. The minimum absolute atomic E-state index is 0.106. The first kappa shape index (κ1) is 17.2. The van der Waals surface area contributed by atoms with Gasteiger partial charge >= 0.3 is 7.60 Å². The fraction of sp³-hybridized carbons (Fsp3) is 0.875. The van der Waals surface area contributed by atoms with Crippen LogP contribution < -0.4 is 0 Å². The number of carbonyl (C=O) groups is 1. The van der Waals surface area contributed by atoms with Gasteiger partial charge in [-0.05, 0) is 11.8 Å². The lowest BCUT2D eigenvalue weighted by molar-refractivity contribution is -0.109. The lowest BCUT2D eigenvalue weighted by Crippen LogP contribution is -2.32. The average Bonchev–Trinajstić information content (AvgIpc) is 2.65. The maximum absolute atomic E-state index is 11.7. The molecule has 1 rings (SSSR count). The summed E-state index contributed by atoms with van der Waals surface area (Å²) >= 11 is 4.55. The van der Waals surface area contributed by atoms with E-state index < -0.39 is 51.4 Å². The lowest BCUT2D eigenvalue weighted by Gasteiger charge is -2.20. The van der Waals surface area contributed by atoms with Crippen LogP contribution in [0, 0.1) is 5.92 Å². The van der Waals surface area contributed by atoms with Gasteiger partial charge in [0.05, 0.1) is 18.9 Å². The molecule has 5 atom stereocenters. The zero-order valence-corrected chi connectivity index (χ0v) is 12.3. The van der Waals surface area contributed by atoms with Gasteiger partial charge in [-0.25, -0.2) is 0 Å². The minimum Gasteiger partial charge on any atom is -0.394 e. The number of hydrogen-bond acceptors (Lipinski definition) is 8. The number of ether oxygens (including phenoxy) is 1. The predicted octanol–water partition coefficient (Wildman–Crippen LogP) is -0.579. The van der Waals surface area contributed by atoms with Gasteiger partial charge in [-0.3, -0.25) is 9.09 Å². The molecule has 0 saturated carbocycles. The zero-order valence-electron chi connectivity index (χ0n) is 9.69. The van der Waals surface area contributed by atoms with Crippen molar-refractivity contribution in [2.45, 2.75) is 18.5 Å². The summed E-state index contributed by atoms with van der Waals surface area (Å²) in [5.41, 5.74) is 0. The average molecular weight is 332 g/mol. The van der Waals surface area contributed by atoms with Gasteiger partial charge in [0.1, 0.15) is 26.6 Å². The molecule has 0 radical (unpaired) electrons. The fourth-order valence-electron chi connectivity index (χ4n) is 1.78. The molecule has 0 aromatic carbocycles. The molecule has 0 aromatic heterocycles. The largest absolute Gasteiger partial charge is 0.394 e. The molecule has 0 amide bonds. The van der Waals surface area contributed by atoms with Crippen LogP contribution in [-0.2, 0) is 35.0 Å². The molecule has 1 heterocycles. The van der Waals surface area contributed by atoms with E-state index in [1.54, 1.807) is 0 Å². The van der Waals surface area contributed by atoms with Gasteiger partial charge in [0.15, 0.2) is 6.29 Å². The van der Waals surface area contributed by atoms with E-state index in [2.05, 4.69) is 16.3 Å². The Kier molecular flexibility index (Phi) is 7.10. The van der Waals surface area contributed by atoms with Crippen molar-refractivity contribution in [2.24, 2.45) is 5.92 Å². The molecule has 0 bridgehead atoms. The van der Waals surface area contributed by atoms with Crippen LogP contribution in [0.3, 0.4) is 0 Å². The fourth-order valence-corrected chi connectivity index (χ4v) is 3.67. The summed E-state index contributed by atoms with van der Waals surface area (Å²) in [4.78, 5) is 19.6. The standard InChI is InChI=1S/C8H14O8P2S/c9-1-2-14-18(12,13)4-5-6(3-10)15-8(7(5)11)16-17-19/h1,5-8,10-11H,2-4H2,(H,12,13)/t5?,6-,7?,8+/m1/s1. The molecule has 3 N–H and O–H groups in total. The summed E-state index contributed by atoms with van der Waals surface area (Å²) in [6.07, 6.45) is -3.26. The van der Waals surface area contributed by atoms with Gasteiger partial charge in [-0.2, -0.15) is 0 Å². The van der Waals surface area contributed by atoms with Crippen LogP contribution in [0.1, 0.15) is 0 Å². The molecule has 1 saturated heterocycles. The zero-order chi connectivity index (χ0) is 14.5. The van der Waals surface area contributed by atoms with Crippen LogP contribution in [0.5, 0.6) is 0 Å². The molecular formula is C8H14O8P2S. The van der Waals surface area contributed by atoms with E-state index in [4.69, 9.17) is 14.4 Å². The molecule has 11 heteroatoms. The highest BCUT2D eigenvalue weighted by Crippen LogP contribution is 2.47. The van der Waals surface area contributed by atoms with Crippen molar-refractivity contribution < 1.29 is 38.3 Å². The van der Waals surface area contributed by atoms with Crippen molar-refractivity contribution in [3.63, 3.8) is 0 Å². The predicted molar refractivity (Wildman–Crippen MR) is 67.3 cm³/mol. The van der Waals surface area contributed by atoms with Crippen LogP contribution in [0.15, 0.2) is 0 Å².